The van der Waals surface area contributed by atoms with Crippen molar-refractivity contribution < 1.29 is 23.7 Å². The molecule has 0 aliphatic rings. The van der Waals surface area contributed by atoms with E-state index in [2.05, 4.69) is 9.52 Å². The van der Waals surface area contributed by atoms with Crippen LogP contribution in [0.25, 0.3) is 0 Å². The van der Waals surface area contributed by atoms with Gasteiger partial charge >= 0.3 is 7.82 Å². The lowest BCUT2D eigenvalue weighted by atomic mass is 10.2. The molecule has 0 fully saturated rings. The molecule has 0 amide bonds. The fourth-order valence-corrected chi connectivity index (χ4v) is 1.24. The first-order chi connectivity index (χ1) is 6.56. The minimum atomic E-state index is -4.30. The maximum absolute atomic E-state index is 10.2. The standard InChI is InChI=1S/C7H14NO5P/c9-7-8-5-3-1-2-4-6-13-14(10,11)12/h1-6H2,(H2,10,11,12). The van der Waals surface area contributed by atoms with Crippen LogP contribution in [-0.4, -0.2) is 29.0 Å². The van der Waals surface area contributed by atoms with Gasteiger partial charge in [-0.1, -0.05) is 12.8 Å². The Balaban J connectivity index is 3.14. The van der Waals surface area contributed by atoms with E-state index in [1.807, 2.05) is 0 Å². The molecule has 0 saturated carbocycles. The van der Waals surface area contributed by atoms with Crippen LogP contribution in [0.5, 0.6) is 0 Å². The summed E-state index contributed by atoms with van der Waals surface area (Å²) in [5.41, 5.74) is 0. The van der Waals surface area contributed by atoms with Gasteiger partial charge in [-0.05, 0) is 12.8 Å². The first-order valence-electron chi connectivity index (χ1n) is 4.30. The Morgan fingerprint density at radius 2 is 1.86 bits per heavy atom. The number of rotatable bonds is 8. The number of hydrogen-bond acceptors (Lipinski definition) is 4. The molecule has 0 atom stereocenters. The van der Waals surface area contributed by atoms with Crippen molar-refractivity contribution in [2.24, 2.45) is 4.99 Å². The van der Waals surface area contributed by atoms with E-state index in [4.69, 9.17) is 9.79 Å². The molecule has 0 saturated heterocycles. The van der Waals surface area contributed by atoms with Gasteiger partial charge in [0.2, 0.25) is 6.08 Å². The molecule has 0 bridgehead atoms. The summed E-state index contributed by atoms with van der Waals surface area (Å²) >= 11 is 0. The fraction of sp³-hybridized carbons (Fsp3) is 0.857. The van der Waals surface area contributed by atoms with Gasteiger partial charge in [-0.3, -0.25) is 4.52 Å². The maximum Gasteiger partial charge on any atom is 0.469 e. The van der Waals surface area contributed by atoms with E-state index in [0.29, 0.717) is 13.0 Å². The SMILES string of the molecule is O=C=NCCCCCCOP(=O)(O)O. The number of unbranched alkanes of at least 4 members (excludes halogenated alkanes) is 3. The number of carbonyl (C=O) groups excluding carboxylic acids is 1. The second-order valence-electron chi connectivity index (χ2n) is 2.71. The van der Waals surface area contributed by atoms with E-state index in [9.17, 15) is 9.36 Å². The summed E-state index contributed by atoms with van der Waals surface area (Å²) in [7, 11) is -4.30. The van der Waals surface area contributed by atoms with Gasteiger partial charge in [-0.15, -0.1) is 0 Å². The van der Waals surface area contributed by atoms with Crippen molar-refractivity contribution in [3.8, 4) is 0 Å². The van der Waals surface area contributed by atoms with Crippen LogP contribution >= 0.6 is 7.82 Å². The average molecular weight is 223 g/mol. The lowest BCUT2D eigenvalue weighted by Crippen LogP contribution is -1.92. The van der Waals surface area contributed by atoms with Crippen molar-refractivity contribution in [2.45, 2.75) is 25.7 Å². The first-order valence-corrected chi connectivity index (χ1v) is 5.83. The molecular formula is C7H14NO5P. The lowest BCUT2D eigenvalue weighted by molar-refractivity contribution is 0.193. The van der Waals surface area contributed by atoms with Crippen LogP contribution in [0, 0.1) is 0 Å². The predicted octanol–water partition coefficient (Wildman–Crippen LogP) is 0.992. The molecule has 0 spiro atoms. The van der Waals surface area contributed by atoms with E-state index in [1.165, 1.54) is 6.08 Å². The molecule has 0 aromatic carbocycles. The molecule has 0 aromatic rings. The summed E-state index contributed by atoms with van der Waals surface area (Å²) in [6.45, 7) is 0.518. The highest BCUT2D eigenvalue weighted by atomic mass is 31.2. The van der Waals surface area contributed by atoms with Gasteiger partial charge in [0.05, 0.1) is 13.2 Å². The Labute approximate surface area is 82.2 Å². The van der Waals surface area contributed by atoms with Gasteiger partial charge in [0.15, 0.2) is 0 Å². The number of phosphoric acid groups is 1. The summed E-state index contributed by atoms with van der Waals surface area (Å²) < 4.78 is 14.5. The molecular weight excluding hydrogens is 209 g/mol. The number of phosphoric ester groups is 1. The van der Waals surface area contributed by atoms with Crippen LogP contribution in [0.15, 0.2) is 4.99 Å². The molecule has 0 rings (SSSR count). The highest BCUT2D eigenvalue weighted by Gasteiger charge is 2.12. The highest BCUT2D eigenvalue weighted by molar-refractivity contribution is 7.46. The smallest absolute Gasteiger partial charge is 0.303 e. The topological polar surface area (TPSA) is 96.2 Å². The monoisotopic (exact) mass is 223 g/mol. The first kappa shape index (κ1) is 13.5. The maximum atomic E-state index is 10.2. The third-order valence-electron chi connectivity index (χ3n) is 1.49. The van der Waals surface area contributed by atoms with Crippen LogP contribution in [-0.2, 0) is 13.9 Å². The second-order valence-corrected chi connectivity index (χ2v) is 3.95. The Bertz CT molecular complexity index is 232. The Morgan fingerprint density at radius 3 is 2.43 bits per heavy atom. The fourth-order valence-electron chi connectivity index (χ4n) is 0.876. The molecule has 7 heteroatoms. The zero-order valence-electron chi connectivity index (χ0n) is 7.76. The van der Waals surface area contributed by atoms with E-state index in [-0.39, 0.29) is 6.61 Å². The molecule has 0 heterocycles. The van der Waals surface area contributed by atoms with Crippen molar-refractivity contribution in [2.75, 3.05) is 13.2 Å². The average Bonchev–Trinajstić information content (AvgIpc) is 2.08. The molecule has 6 nitrogen and oxygen atoms in total. The number of aliphatic imine (C=N–C) groups is 1. The van der Waals surface area contributed by atoms with Gasteiger partial charge in [-0.25, -0.2) is 14.4 Å². The molecule has 0 aromatic heterocycles. The van der Waals surface area contributed by atoms with Gasteiger partial charge in [0.25, 0.3) is 0 Å². The van der Waals surface area contributed by atoms with Crippen LogP contribution in [0.1, 0.15) is 25.7 Å². The number of hydrogen-bond donors (Lipinski definition) is 2. The minimum absolute atomic E-state index is 0.0568. The summed E-state index contributed by atoms with van der Waals surface area (Å²) in [6.07, 6.45) is 4.47. The number of nitrogens with zero attached hydrogens (tertiary/aromatic N) is 1. The van der Waals surface area contributed by atoms with Gasteiger partial charge in [-0.2, -0.15) is 0 Å². The zero-order chi connectivity index (χ0) is 10.9. The van der Waals surface area contributed by atoms with Crippen molar-refractivity contribution >= 4 is 13.9 Å². The molecule has 0 aliphatic carbocycles. The summed E-state index contributed by atoms with van der Waals surface area (Å²) in [4.78, 5) is 29.7. The van der Waals surface area contributed by atoms with E-state index < -0.39 is 7.82 Å². The van der Waals surface area contributed by atoms with Gasteiger partial charge < -0.3 is 9.79 Å². The molecule has 14 heavy (non-hydrogen) atoms. The van der Waals surface area contributed by atoms with Crippen LogP contribution < -0.4 is 0 Å². The Kier molecular flexibility index (Phi) is 7.57. The van der Waals surface area contributed by atoms with Crippen molar-refractivity contribution in [3.05, 3.63) is 0 Å². The largest absolute Gasteiger partial charge is 0.469 e. The van der Waals surface area contributed by atoms with Crippen LogP contribution in [0.4, 0.5) is 0 Å². The zero-order valence-corrected chi connectivity index (χ0v) is 8.65. The summed E-state index contributed by atoms with van der Waals surface area (Å²) in [5, 5.41) is 0. The molecule has 0 unspecified atom stereocenters. The molecule has 0 aliphatic heterocycles. The molecule has 82 valence electrons. The molecule has 2 N–H and O–H groups in total. The Hall–Kier alpha value is -0.510. The van der Waals surface area contributed by atoms with Gasteiger partial charge in [0, 0.05) is 0 Å². The van der Waals surface area contributed by atoms with Crippen LogP contribution in [0.3, 0.4) is 0 Å². The van der Waals surface area contributed by atoms with E-state index in [1.54, 1.807) is 0 Å². The number of isocyanates is 1. The second kappa shape index (κ2) is 7.85. The van der Waals surface area contributed by atoms with Crippen molar-refractivity contribution in [1.29, 1.82) is 0 Å². The lowest BCUT2D eigenvalue weighted by Gasteiger charge is -2.03. The minimum Gasteiger partial charge on any atom is -0.303 e. The van der Waals surface area contributed by atoms with Crippen molar-refractivity contribution in [3.63, 3.8) is 0 Å². The normalized spacial score (nSPS) is 11.0. The van der Waals surface area contributed by atoms with Gasteiger partial charge in [0.1, 0.15) is 0 Å². The predicted molar refractivity (Wildman–Crippen MR) is 49.5 cm³/mol. The van der Waals surface area contributed by atoms with E-state index >= 15 is 0 Å². The summed E-state index contributed by atoms with van der Waals surface area (Å²) in [6, 6.07) is 0. The van der Waals surface area contributed by atoms with Crippen molar-refractivity contribution in [1.82, 2.24) is 0 Å². The Morgan fingerprint density at radius 1 is 1.21 bits per heavy atom. The third kappa shape index (κ3) is 11.5. The van der Waals surface area contributed by atoms with E-state index in [0.717, 1.165) is 19.3 Å². The summed E-state index contributed by atoms with van der Waals surface area (Å²) in [5.74, 6) is 0. The molecule has 0 radical (unpaired) electrons. The third-order valence-corrected chi connectivity index (χ3v) is 2.01. The van der Waals surface area contributed by atoms with Crippen LogP contribution in [0.2, 0.25) is 0 Å². The highest BCUT2D eigenvalue weighted by Crippen LogP contribution is 2.35. The quantitative estimate of drug-likeness (QED) is 0.277.